The first kappa shape index (κ1) is 11.4. The summed E-state index contributed by atoms with van der Waals surface area (Å²) in [6.45, 7) is 0. The summed E-state index contributed by atoms with van der Waals surface area (Å²) in [6.07, 6.45) is -4.61. The van der Waals surface area contributed by atoms with Gasteiger partial charge in [-0.15, -0.1) is 0 Å². The zero-order chi connectivity index (χ0) is 10.9. The van der Waals surface area contributed by atoms with E-state index in [4.69, 9.17) is 16.2 Å². The lowest BCUT2D eigenvalue weighted by molar-refractivity contribution is -0.141. The van der Waals surface area contributed by atoms with Gasteiger partial charge in [-0.25, -0.2) is 9.19 Å². The van der Waals surface area contributed by atoms with Crippen LogP contribution in [-0.4, -0.2) is 13.7 Å². The van der Waals surface area contributed by atoms with E-state index < -0.39 is 28.1 Å². The van der Waals surface area contributed by atoms with Gasteiger partial charge in [-0.2, -0.15) is 13.2 Å². The topological polar surface area (TPSA) is 50.2 Å². The van der Waals surface area contributed by atoms with E-state index in [1.54, 1.807) is 0 Å². The molecule has 8 heteroatoms. The van der Waals surface area contributed by atoms with Crippen LogP contribution >= 0.6 is 11.6 Å². The second-order valence-corrected chi connectivity index (χ2v) is 3.53. The summed E-state index contributed by atoms with van der Waals surface area (Å²) < 4.78 is 55.2. The van der Waals surface area contributed by atoms with E-state index in [0.29, 0.717) is 6.07 Å². The largest absolute Gasteiger partial charge is 0.433 e. The fourth-order valence-electron chi connectivity index (χ4n) is 0.710. The average Bonchev–Trinajstić information content (AvgIpc) is 2.01. The molecule has 1 unspecified atom stereocenters. The van der Waals surface area contributed by atoms with Gasteiger partial charge in [0.25, 0.3) is 0 Å². The van der Waals surface area contributed by atoms with Crippen LogP contribution in [0.3, 0.4) is 0 Å². The standard InChI is InChI=1S/C6H3ClF3NO2S/c7-5-3(14(12)13)1-2-4(11-5)6(8,9)10/h1-2H,(H,12,13). The number of hydrogen-bond donors (Lipinski definition) is 1. The van der Waals surface area contributed by atoms with Gasteiger partial charge in [-0.1, -0.05) is 11.6 Å². The number of hydrogen-bond acceptors (Lipinski definition) is 2. The van der Waals surface area contributed by atoms with Crippen LogP contribution in [0.15, 0.2) is 17.0 Å². The Bertz CT molecular complexity index is 382. The first-order chi connectivity index (χ1) is 6.32. The highest BCUT2D eigenvalue weighted by atomic mass is 35.5. The molecule has 0 spiro atoms. The van der Waals surface area contributed by atoms with Crippen LogP contribution in [0.5, 0.6) is 0 Å². The average molecular weight is 246 g/mol. The molecule has 14 heavy (non-hydrogen) atoms. The Balaban J connectivity index is 3.20. The summed E-state index contributed by atoms with van der Waals surface area (Å²) in [5.74, 6) is 0. The summed E-state index contributed by atoms with van der Waals surface area (Å²) >= 11 is 2.83. The van der Waals surface area contributed by atoms with E-state index in [1.165, 1.54) is 0 Å². The molecule has 0 aliphatic carbocycles. The lowest BCUT2D eigenvalue weighted by Crippen LogP contribution is -2.08. The maximum Gasteiger partial charge on any atom is 0.433 e. The van der Waals surface area contributed by atoms with Crippen molar-refractivity contribution in [2.45, 2.75) is 11.1 Å². The predicted octanol–water partition coefficient (Wildman–Crippen LogP) is 2.33. The molecule has 0 bridgehead atoms. The normalized spacial score (nSPS) is 14.1. The summed E-state index contributed by atoms with van der Waals surface area (Å²) in [6, 6.07) is 1.41. The predicted molar refractivity (Wildman–Crippen MR) is 43.3 cm³/mol. The van der Waals surface area contributed by atoms with Crippen molar-refractivity contribution < 1.29 is 21.9 Å². The highest BCUT2D eigenvalue weighted by molar-refractivity contribution is 7.79. The lowest BCUT2D eigenvalue weighted by atomic mass is 10.3. The van der Waals surface area contributed by atoms with E-state index in [1.807, 2.05) is 0 Å². The van der Waals surface area contributed by atoms with Crippen molar-refractivity contribution in [1.29, 1.82) is 0 Å². The van der Waals surface area contributed by atoms with E-state index in [9.17, 15) is 17.4 Å². The molecule has 1 rings (SSSR count). The van der Waals surface area contributed by atoms with Crippen molar-refractivity contribution in [2.24, 2.45) is 0 Å². The second-order valence-electron chi connectivity index (χ2n) is 2.23. The Labute approximate surface area is 84.2 Å². The monoisotopic (exact) mass is 245 g/mol. The van der Waals surface area contributed by atoms with Crippen LogP contribution in [0.4, 0.5) is 13.2 Å². The molecule has 0 saturated heterocycles. The molecule has 0 radical (unpaired) electrons. The molecule has 0 aliphatic heterocycles. The Morgan fingerprint density at radius 3 is 2.36 bits per heavy atom. The number of alkyl halides is 3. The molecule has 0 saturated carbocycles. The molecule has 0 aromatic carbocycles. The minimum atomic E-state index is -4.61. The third kappa shape index (κ3) is 2.43. The zero-order valence-corrected chi connectivity index (χ0v) is 7.95. The number of pyridine rings is 1. The van der Waals surface area contributed by atoms with Crippen LogP contribution in [0.2, 0.25) is 5.15 Å². The van der Waals surface area contributed by atoms with Crippen molar-refractivity contribution >= 4 is 22.7 Å². The summed E-state index contributed by atoms with van der Waals surface area (Å²) in [5, 5.41) is -0.624. The third-order valence-electron chi connectivity index (χ3n) is 1.29. The molecule has 3 nitrogen and oxygen atoms in total. The fourth-order valence-corrected chi connectivity index (χ4v) is 1.44. The molecule has 78 valence electrons. The smallest absolute Gasteiger partial charge is 0.302 e. The van der Waals surface area contributed by atoms with E-state index in [2.05, 4.69) is 4.98 Å². The Morgan fingerprint density at radius 2 is 2.00 bits per heavy atom. The van der Waals surface area contributed by atoms with Crippen LogP contribution < -0.4 is 0 Å². The van der Waals surface area contributed by atoms with Crippen molar-refractivity contribution in [2.75, 3.05) is 0 Å². The number of halogens is 4. The Morgan fingerprint density at radius 1 is 1.43 bits per heavy atom. The SMILES string of the molecule is O=S(O)c1ccc(C(F)(F)F)nc1Cl. The lowest BCUT2D eigenvalue weighted by Gasteiger charge is -2.06. The van der Waals surface area contributed by atoms with Crippen molar-refractivity contribution in [3.8, 4) is 0 Å². The first-order valence-corrected chi connectivity index (χ1v) is 4.65. The van der Waals surface area contributed by atoms with Gasteiger partial charge >= 0.3 is 6.18 Å². The fraction of sp³-hybridized carbons (Fsp3) is 0.167. The number of nitrogens with zero attached hydrogens (tertiary/aromatic N) is 1. The minimum absolute atomic E-state index is 0.348. The zero-order valence-electron chi connectivity index (χ0n) is 6.38. The van der Waals surface area contributed by atoms with Crippen LogP contribution in [0.1, 0.15) is 5.69 Å². The second kappa shape index (κ2) is 3.84. The van der Waals surface area contributed by atoms with Crippen LogP contribution in [0.25, 0.3) is 0 Å². The van der Waals surface area contributed by atoms with Crippen molar-refractivity contribution in [3.05, 3.63) is 23.0 Å². The molecule has 1 aromatic rings. The Hall–Kier alpha value is -0.660. The highest BCUT2D eigenvalue weighted by Gasteiger charge is 2.33. The molecule has 1 heterocycles. The van der Waals surface area contributed by atoms with Crippen LogP contribution in [-0.2, 0) is 17.3 Å². The third-order valence-corrected chi connectivity index (χ3v) is 2.40. The van der Waals surface area contributed by atoms with Gasteiger partial charge in [-0.3, -0.25) is 0 Å². The van der Waals surface area contributed by atoms with Gasteiger partial charge in [0.15, 0.2) is 11.1 Å². The minimum Gasteiger partial charge on any atom is -0.302 e. The quantitative estimate of drug-likeness (QED) is 0.610. The van der Waals surface area contributed by atoms with E-state index in [-0.39, 0.29) is 4.90 Å². The van der Waals surface area contributed by atoms with Gasteiger partial charge in [0, 0.05) is 0 Å². The molecule has 0 fully saturated rings. The molecule has 0 aliphatic rings. The van der Waals surface area contributed by atoms with Gasteiger partial charge in [0.05, 0.1) is 0 Å². The van der Waals surface area contributed by atoms with E-state index in [0.717, 1.165) is 6.07 Å². The number of aromatic nitrogens is 1. The maximum absolute atomic E-state index is 12.0. The maximum atomic E-state index is 12.0. The highest BCUT2D eigenvalue weighted by Crippen LogP contribution is 2.29. The van der Waals surface area contributed by atoms with Crippen molar-refractivity contribution in [1.82, 2.24) is 4.98 Å². The molecule has 1 atom stereocenters. The molecular formula is C6H3ClF3NO2S. The molecule has 0 amide bonds. The molecular weight excluding hydrogens is 243 g/mol. The molecule has 1 N–H and O–H groups in total. The van der Waals surface area contributed by atoms with Gasteiger partial charge in [0.2, 0.25) is 0 Å². The van der Waals surface area contributed by atoms with Gasteiger partial charge in [-0.05, 0) is 12.1 Å². The summed E-state index contributed by atoms with van der Waals surface area (Å²) in [4.78, 5) is 2.61. The molecule has 1 aromatic heterocycles. The number of rotatable bonds is 1. The van der Waals surface area contributed by atoms with Crippen molar-refractivity contribution in [3.63, 3.8) is 0 Å². The first-order valence-electron chi connectivity index (χ1n) is 3.17. The summed E-state index contributed by atoms with van der Waals surface area (Å²) in [5.41, 5.74) is -1.20. The van der Waals surface area contributed by atoms with Gasteiger partial charge in [0.1, 0.15) is 15.7 Å². The summed E-state index contributed by atoms with van der Waals surface area (Å²) in [7, 11) is 0. The van der Waals surface area contributed by atoms with E-state index >= 15 is 0 Å². The van der Waals surface area contributed by atoms with Crippen LogP contribution in [0, 0.1) is 0 Å². The Kier molecular flexibility index (Phi) is 3.13. The van der Waals surface area contributed by atoms with Gasteiger partial charge < -0.3 is 4.55 Å².